The fourth-order valence-corrected chi connectivity index (χ4v) is 13.1. The molecule has 3 aromatic carbocycles. The Morgan fingerprint density at radius 1 is 0.838 bits per heavy atom. The van der Waals surface area contributed by atoms with Gasteiger partial charge in [-0.15, -0.1) is 0 Å². The zero-order valence-corrected chi connectivity index (χ0v) is 45.3. The molecule has 0 spiro atoms. The number of aryl methyl sites for hydroxylation is 2. The van der Waals surface area contributed by atoms with E-state index in [1.54, 1.807) is 25.6 Å². The molecule has 4 aliphatic heterocycles. The third-order valence-corrected chi connectivity index (χ3v) is 17.3. The molecule has 3 aromatic heterocycles. The van der Waals surface area contributed by atoms with Gasteiger partial charge in [-0.3, -0.25) is 34.2 Å². The summed E-state index contributed by atoms with van der Waals surface area (Å²) in [5.41, 5.74) is 7.34. The van der Waals surface area contributed by atoms with Crippen LogP contribution in [0.1, 0.15) is 76.6 Å². The van der Waals surface area contributed by atoms with Crippen molar-refractivity contribution in [2.75, 3.05) is 92.7 Å². The first-order valence-electron chi connectivity index (χ1n) is 26.1. The SMILES string of the molecule is CCOc1cc(N2CCC(N3CCN(C(=O)C4CCN(c5cccc6c5oc(=O)n6C5CCC(=O)NC5=O)CC4)CC3)CC2)c(CC)cc1Nc1ncc(Br)c(Nc2ccc3nc(CC)ccc3c2P(C)(C)=O)n1. The van der Waals surface area contributed by atoms with Crippen LogP contribution >= 0.6 is 23.1 Å². The number of oxazole rings is 1. The topological polar surface area (TPSA) is 200 Å². The molecule has 0 aliphatic carbocycles. The molecule has 1 unspecified atom stereocenters. The molecule has 0 radical (unpaired) electrons. The molecule has 18 nitrogen and oxygen atoms in total. The summed E-state index contributed by atoms with van der Waals surface area (Å²) in [6.07, 6.45) is 7.17. The van der Waals surface area contributed by atoms with Crippen LogP contribution in [0.25, 0.3) is 22.0 Å². The molecule has 1 atom stereocenters. The number of carbonyl (C=O) groups excluding carboxylic acids is 3. The molecule has 10 rings (SSSR count). The van der Waals surface area contributed by atoms with Gasteiger partial charge < -0.3 is 39.1 Å². The highest BCUT2D eigenvalue weighted by atomic mass is 79.9. The summed E-state index contributed by atoms with van der Waals surface area (Å²) < 4.78 is 27.8. The van der Waals surface area contributed by atoms with Gasteiger partial charge in [0.1, 0.15) is 24.8 Å². The van der Waals surface area contributed by atoms with Crippen LogP contribution in [0.3, 0.4) is 0 Å². The fraction of sp³-hybridized carbons (Fsp3) is 0.463. The molecule has 3 N–H and O–H groups in total. The first kappa shape index (κ1) is 51.2. The molecule has 20 heteroatoms. The molecule has 4 fully saturated rings. The fourth-order valence-electron chi connectivity index (χ4n) is 11.4. The number of aromatic nitrogens is 4. The number of fused-ring (bicyclic) bond motifs is 2. The van der Waals surface area contributed by atoms with Crippen LogP contribution in [0.5, 0.6) is 5.75 Å². The number of amides is 3. The largest absolute Gasteiger partial charge is 0.492 e. The summed E-state index contributed by atoms with van der Waals surface area (Å²) >= 11 is 3.64. The number of hydrogen-bond donors (Lipinski definition) is 3. The van der Waals surface area contributed by atoms with Crippen LogP contribution in [-0.4, -0.2) is 125 Å². The second-order valence-electron chi connectivity index (χ2n) is 20.1. The normalized spacial score (nSPS) is 18.6. The second-order valence-corrected chi connectivity index (χ2v) is 24.1. The maximum Gasteiger partial charge on any atom is 0.420 e. The predicted molar refractivity (Wildman–Crippen MR) is 294 cm³/mol. The Labute approximate surface area is 439 Å². The van der Waals surface area contributed by atoms with Gasteiger partial charge in [0.2, 0.25) is 23.7 Å². The highest BCUT2D eigenvalue weighted by Gasteiger charge is 2.36. The summed E-state index contributed by atoms with van der Waals surface area (Å²) in [6.45, 7) is 16.5. The van der Waals surface area contributed by atoms with E-state index in [2.05, 4.69) is 82.4 Å². The number of pyridine rings is 1. The molecule has 4 aliphatic rings. The molecule has 0 saturated carbocycles. The highest BCUT2D eigenvalue weighted by molar-refractivity contribution is 9.10. The van der Waals surface area contributed by atoms with Gasteiger partial charge in [0.05, 0.1) is 39.2 Å². The van der Waals surface area contributed by atoms with Crippen molar-refractivity contribution < 1.29 is 28.1 Å². The number of para-hydroxylation sites is 1. The van der Waals surface area contributed by atoms with Crippen LogP contribution in [0, 0.1) is 5.92 Å². The minimum Gasteiger partial charge on any atom is -0.492 e. The first-order valence-corrected chi connectivity index (χ1v) is 29.5. The molecule has 7 heterocycles. The van der Waals surface area contributed by atoms with Crippen LogP contribution < -0.4 is 41.5 Å². The maximum atomic E-state index is 13.9. The van der Waals surface area contributed by atoms with Crippen molar-refractivity contribution in [1.82, 2.24) is 34.6 Å². The second kappa shape index (κ2) is 21.5. The zero-order chi connectivity index (χ0) is 51.8. The average molecular weight is 1090 g/mol. The van der Waals surface area contributed by atoms with E-state index in [0.717, 1.165) is 90.9 Å². The Morgan fingerprint density at radius 3 is 2.28 bits per heavy atom. The monoisotopic (exact) mass is 1090 g/mol. The number of hydrogen-bond acceptors (Lipinski definition) is 15. The van der Waals surface area contributed by atoms with E-state index < -0.39 is 24.8 Å². The minimum atomic E-state index is -2.76. The number of nitrogens with one attached hydrogen (secondary N) is 3. The Balaban J connectivity index is 0.744. The van der Waals surface area contributed by atoms with Crippen molar-refractivity contribution in [2.24, 2.45) is 5.92 Å². The third-order valence-electron chi connectivity index (χ3n) is 15.2. The molecule has 3 amide bonds. The van der Waals surface area contributed by atoms with Crippen LogP contribution in [-0.2, 0) is 31.8 Å². The number of halogens is 1. The smallest absolute Gasteiger partial charge is 0.420 e. The summed E-state index contributed by atoms with van der Waals surface area (Å²) in [5, 5.41) is 10.8. The van der Waals surface area contributed by atoms with Gasteiger partial charge in [-0.2, -0.15) is 4.98 Å². The van der Waals surface area contributed by atoms with Gasteiger partial charge in [0, 0.05) is 105 Å². The van der Waals surface area contributed by atoms with Crippen molar-refractivity contribution >= 4 is 103 Å². The van der Waals surface area contributed by atoms with E-state index in [-0.39, 0.29) is 30.6 Å². The maximum absolute atomic E-state index is 13.9. The lowest BCUT2D eigenvalue weighted by atomic mass is 9.94. The van der Waals surface area contributed by atoms with Gasteiger partial charge in [0.25, 0.3) is 0 Å². The molecule has 4 saturated heterocycles. The number of anilines is 6. The third kappa shape index (κ3) is 10.4. The van der Waals surface area contributed by atoms with E-state index in [4.69, 9.17) is 19.1 Å². The molecule has 6 aromatic rings. The van der Waals surface area contributed by atoms with Gasteiger partial charge in [0.15, 0.2) is 5.58 Å². The highest BCUT2D eigenvalue weighted by Crippen LogP contribution is 2.43. The number of ether oxygens (including phenoxy) is 1. The lowest BCUT2D eigenvalue weighted by Gasteiger charge is -2.44. The van der Waals surface area contributed by atoms with E-state index in [9.17, 15) is 23.7 Å². The van der Waals surface area contributed by atoms with Crippen molar-refractivity contribution in [3.05, 3.63) is 87.1 Å². The van der Waals surface area contributed by atoms with Crippen LogP contribution in [0.15, 0.2) is 74.5 Å². The molecule has 0 bridgehead atoms. The number of piperazine rings is 1. The van der Waals surface area contributed by atoms with E-state index in [1.807, 2.05) is 43.3 Å². The molecular weight excluding hydrogens is 1030 g/mol. The predicted octanol–water partition coefficient (Wildman–Crippen LogP) is 7.96. The number of nitrogens with zero attached hydrogens (tertiary/aromatic N) is 8. The summed E-state index contributed by atoms with van der Waals surface area (Å²) in [7, 11) is -2.76. The van der Waals surface area contributed by atoms with Crippen molar-refractivity contribution in [1.29, 1.82) is 0 Å². The lowest BCUT2D eigenvalue weighted by molar-refractivity contribution is -0.138. The standard InChI is InChI=1S/C54H65BrN11O7P/c1-6-33-30-41(59-53-56-32-38(55)50(61-53)58-40-15-14-39-37(49(40)74(4,5)71)13-12-35(7-2)57-39)46(72-8-3)31-45(33)64-24-20-36(21-25-64)62-26-28-65(29-27-62)52(69)34-18-22-63(23-19-34)42-10-9-11-43-48(42)73-54(70)66(43)44-16-17-47(67)60-51(44)68/h9-15,30-32,34,36,44H,6-8,16-29H2,1-5H3,(H,60,67,68)(H2,56,58,59,61). The molecule has 74 heavy (non-hydrogen) atoms. The number of piperidine rings is 3. The van der Waals surface area contributed by atoms with Gasteiger partial charge in [-0.1, -0.05) is 26.0 Å². The summed E-state index contributed by atoms with van der Waals surface area (Å²) in [5.74, 6) is 0.309. The summed E-state index contributed by atoms with van der Waals surface area (Å²) in [6, 6.07) is 17.4. The number of carbonyl (C=O) groups is 3. The Bertz CT molecular complexity index is 3220. The quantitative estimate of drug-likeness (QED) is 0.0700. The number of rotatable bonds is 14. The number of imide groups is 1. The Kier molecular flexibility index (Phi) is 14.9. The average Bonchev–Trinajstić information content (AvgIpc) is 3.74. The Hall–Kier alpha value is -6.30. The van der Waals surface area contributed by atoms with Crippen LogP contribution in [0.2, 0.25) is 0 Å². The van der Waals surface area contributed by atoms with Gasteiger partial charge in [-0.25, -0.2) is 9.78 Å². The summed E-state index contributed by atoms with van der Waals surface area (Å²) in [4.78, 5) is 75.0. The Morgan fingerprint density at radius 2 is 1.58 bits per heavy atom. The zero-order valence-electron chi connectivity index (χ0n) is 42.8. The van der Waals surface area contributed by atoms with E-state index >= 15 is 0 Å². The van der Waals surface area contributed by atoms with E-state index in [1.165, 1.54) is 15.8 Å². The van der Waals surface area contributed by atoms with Crippen molar-refractivity contribution in [2.45, 2.75) is 84.2 Å². The van der Waals surface area contributed by atoms with Gasteiger partial charge in [-0.05, 0) is 123 Å². The molecular formula is C54H65BrN11O7P. The van der Waals surface area contributed by atoms with Crippen molar-refractivity contribution in [3.63, 3.8) is 0 Å². The van der Waals surface area contributed by atoms with Gasteiger partial charge >= 0.3 is 5.76 Å². The minimum absolute atomic E-state index is 0.0747. The van der Waals surface area contributed by atoms with Crippen molar-refractivity contribution in [3.8, 4) is 5.75 Å². The van der Waals surface area contributed by atoms with E-state index in [0.29, 0.717) is 84.7 Å². The van der Waals surface area contributed by atoms with Crippen LogP contribution in [0.4, 0.5) is 34.5 Å². The lowest BCUT2D eigenvalue weighted by Crippen LogP contribution is -2.55. The number of benzene rings is 3. The molecule has 390 valence electrons. The first-order chi connectivity index (χ1) is 35.7.